The minimum Gasteiger partial charge on any atom is -0.393 e. The van der Waals surface area contributed by atoms with Gasteiger partial charge in [-0.2, -0.15) is 0 Å². The van der Waals surface area contributed by atoms with E-state index in [0.29, 0.717) is 5.92 Å². The molecular weight excluding hydrogens is 228 g/mol. The van der Waals surface area contributed by atoms with E-state index in [1.54, 1.807) is 14.2 Å². The van der Waals surface area contributed by atoms with Crippen molar-refractivity contribution in [3.8, 4) is 0 Å². The van der Waals surface area contributed by atoms with Gasteiger partial charge in [0.15, 0.2) is 0 Å². The highest BCUT2D eigenvalue weighted by atomic mass is 28.3. The van der Waals surface area contributed by atoms with Crippen molar-refractivity contribution in [1.82, 2.24) is 0 Å². The Morgan fingerprint density at radius 3 is 2.29 bits per heavy atom. The van der Waals surface area contributed by atoms with Crippen molar-refractivity contribution < 1.29 is 8.85 Å². The Morgan fingerprint density at radius 2 is 1.65 bits per heavy atom. The molecule has 1 aromatic rings. The molecule has 0 aliphatic heterocycles. The molecule has 0 heterocycles. The fourth-order valence-electron chi connectivity index (χ4n) is 2.76. The van der Waals surface area contributed by atoms with E-state index in [-0.39, 0.29) is 0 Å². The third-order valence-electron chi connectivity index (χ3n) is 3.60. The molecule has 1 saturated carbocycles. The number of hydrogen-bond acceptors (Lipinski definition) is 2. The molecule has 0 N–H and O–H groups in total. The lowest BCUT2D eigenvalue weighted by Crippen LogP contribution is -2.38. The largest absolute Gasteiger partial charge is 0.423 e. The summed E-state index contributed by atoms with van der Waals surface area (Å²) in [5.41, 5.74) is 1.46. The smallest absolute Gasteiger partial charge is 0.393 e. The third-order valence-corrected chi connectivity index (χ3v) is 5.23. The zero-order valence-electron chi connectivity index (χ0n) is 10.7. The van der Waals surface area contributed by atoms with Crippen molar-refractivity contribution >= 4 is 14.5 Å². The maximum absolute atomic E-state index is 5.50. The zero-order valence-corrected chi connectivity index (χ0v) is 11.7. The summed E-state index contributed by atoms with van der Waals surface area (Å²) >= 11 is 0. The number of rotatable bonds is 4. The van der Waals surface area contributed by atoms with E-state index in [2.05, 4.69) is 24.3 Å². The van der Waals surface area contributed by atoms with Gasteiger partial charge in [-0.05, 0) is 29.5 Å². The molecule has 1 aliphatic carbocycles. The molecule has 1 aromatic carbocycles. The molecule has 0 aromatic heterocycles. The molecule has 0 atom stereocenters. The summed E-state index contributed by atoms with van der Waals surface area (Å²) in [6.45, 7) is 0. The van der Waals surface area contributed by atoms with E-state index in [9.17, 15) is 0 Å². The van der Waals surface area contributed by atoms with Crippen LogP contribution in [0, 0.1) is 0 Å². The summed E-state index contributed by atoms with van der Waals surface area (Å²) in [5, 5.41) is 1.30. The third kappa shape index (κ3) is 2.97. The summed E-state index contributed by atoms with van der Waals surface area (Å²) in [6.07, 6.45) is 6.76. The molecule has 0 unspecified atom stereocenters. The minimum absolute atomic E-state index is 0.713. The van der Waals surface area contributed by atoms with E-state index >= 15 is 0 Å². The van der Waals surface area contributed by atoms with Crippen LogP contribution in [-0.4, -0.2) is 23.5 Å². The van der Waals surface area contributed by atoms with Crippen molar-refractivity contribution in [2.24, 2.45) is 0 Å². The van der Waals surface area contributed by atoms with E-state index in [1.807, 2.05) is 0 Å². The van der Waals surface area contributed by atoms with Gasteiger partial charge in [0.1, 0.15) is 0 Å². The highest BCUT2D eigenvalue weighted by Crippen LogP contribution is 2.31. The highest BCUT2D eigenvalue weighted by molar-refractivity contribution is 6.61. The maximum Gasteiger partial charge on any atom is 0.423 e. The SMILES string of the molecule is CO[Si](OC)c1ccccc1C1CCCCC1. The molecule has 0 amide bonds. The summed E-state index contributed by atoms with van der Waals surface area (Å²) in [6, 6.07) is 8.65. The predicted molar refractivity (Wildman–Crippen MR) is 71.7 cm³/mol. The van der Waals surface area contributed by atoms with Gasteiger partial charge in [-0.3, -0.25) is 0 Å². The van der Waals surface area contributed by atoms with Gasteiger partial charge in [-0.15, -0.1) is 0 Å². The second kappa shape index (κ2) is 6.33. The van der Waals surface area contributed by atoms with Crippen LogP contribution in [0.5, 0.6) is 0 Å². The Morgan fingerprint density at radius 1 is 1.00 bits per heavy atom. The topological polar surface area (TPSA) is 18.5 Å². The van der Waals surface area contributed by atoms with Gasteiger partial charge < -0.3 is 8.85 Å². The predicted octanol–water partition coefficient (Wildman–Crippen LogP) is 2.72. The van der Waals surface area contributed by atoms with Crippen LogP contribution >= 0.6 is 0 Å². The molecule has 1 aliphatic rings. The fourth-order valence-corrected chi connectivity index (χ4v) is 4.12. The Hall–Kier alpha value is -0.643. The molecule has 3 heteroatoms. The van der Waals surface area contributed by atoms with E-state index < -0.39 is 9.28 Å². The second-order valence-electron chi connectivity index (χ2n) is 4.62. The standard InChI is InChI=1S/C14H21O2Si/c1-15-17(16-2)14-11-7-6-10-13(14)12-8-4-3-5-9-12/h6-7,10-12H,3-5,8-9H2,1-2H3. The van der Waals surface area contributed by atoms with E-state index in [0.717, 1.165) is 0 Å². The lowest BCUT2D eigenvalue weighted by atomic mass is 9.84. The summed E-state index contributed by atoms with van der Waals surface area (Å²) in [7, 11) is 2.21. The quantitative estimate of drug-likeness (QED) is 0.764. The van der Waals surface area contributed by atoms with Crippen LogP contribution in [0.4, 0.5) is 0 Å². The van der Waals surface area contributed by atoms with Gasteiger partial charge in [0.2, 0.25) is 0 Å². The van der Waals surface area contributed by atoms with Gasteiger partial charge in [0.05, 0.1) is 0 Å². The average molecular weight is 249 g/mol. The Bertz CT molecular complexity index is 344. The molecule has 0 bridgehead atoms. The van der Waals surface area contributed by atoms with Gasteiger partial charge in [0.25, 0.3) is 0 Å². The van der Waals surface area contributed by atoms with Gasteiger partial charge in [0, 0.05) is 14.2 Å². The normalized spacial score (nSPS) is 17.6. The first-order valence-corrected chi connectivity index (χ1v) is 7.72. The zero-order chi connectivity index (χ0) is 12.1. The minimum atomic E-state index is -1.28. The van der Waals surface area contributed by atoms with Crippen molar-refractivity contribution in [3.63, 3.8) is 0 Å². The van der Waals surface area contributed by atoms with Crippen LogP contribution in [0.2, 0.25) is 0 Å². The van der Waals surface area contributed by atoms with Crippen molar-refractivity contribution in [3.05, 3.63) is 29.8 Å². The molecule has 17 heavy (non-hydrogen) atoms. The molecule has 1 radical (unpaired) electrons. The van der Waals surface area contributed by atoms with Crippen LogP contribution in [0.15, 0.2) is 24.3 Å². The van der Waals surface area contributed by atoms with Crippen LogP contribution in [-0.2, 0) is 8.85 Å². The Kier molecular flexibility index (Phi) is 4.77. The lowest BCUT2D eigenvalue weighted by molar-refractivity contribution is 0.291. The first-order chi connectivity index (χ1) is 8.36. The summed E-state index contributed by atoms with van der Waals surface area (Å²) in [5.74, 6) is 0.713. The van der Waals surface area contributed by atoms with E-state index in [1.165, 1.54) is 42.9 Å². The molecule has 2 nitrogen and oxygen atoms in total. The first-order valence-electron chi connectivity index (χ1n) is 6.41. The van der Waals surface area contributed by atoms with Crippen LogP contribution < -0.4 is 5.19 Å². The van der Waals surface area contributed by atoms with Crippen LogP contribution in [0.25, 0.3) is 0 Å². The lowest BCUT2D eigenvalue weighted by Gasteiger charge is -2.25. The maximum atomic E-state index is 5.50. The monoisotopic (exact) mass is 249 g/mol. The molecule has 93 valence electrons. The molecule has 0 spiro atoms. The molecule has 2 rings (SSSR count). The second-order valence-corrected chi connectivity index (χ2v) is 6.55. The fraction of sp³-hybridized carbons (Fsp3) is 0.571. The van der Waals surface area contributed by atoms with Crippen molar-refractivity contribution in [1.29, 1.82) is 0 Å². The van der Waals surface area contributed by atoms with Crippen LogP contribution in [0.1, 0.15) is 43.6 Å². The first kappa shape index (κ1) is 12.8. The Labute approximate surface area is 106 Å². The number of hydrogen-bond donors (Lipinski definition) is 0. The number of benzene rings is 1. The summed E-state index contributed by atoms with van der Waals surface area (Å²) in [4.78, 5) is 0. The molecular formula is C14H21O2Si. The highest BCUT2D eigenvalue weighted by Gasteiger charge is 2.24. The molecule has 1 fully saturated rings. The Balaban J connectivity index is 2.25. The molecule has 0 saturated heterocycles. The summed E-state index contributed by atoms with van der Waals surface area (Å²) < 4.78 is 11.0. The van der Waals surface area contributed by atoms with Gasteiger partial charge in [-0.1, -0.05) is 43.5 Å². The van der Waals surface area contributed by atoms with Gasteiger partial charge >= 0.3 is 9.28 Å². The van der Waals surface area contributed by atoms with Crippen LogP contribution in [0.3, 0.4) is 0 Å². The van der Waals surface area contributed by atoms with E-state index in [4.69, 9.17) is 8.85 Å². The average Bonchev–Trinajstić information content (AvgIpc) is 2.42. The van der Waals surface area contributed by atoms with Crippen molar-refractivity contribution in [2.75, 3.05) is 14.2 Å². The van der Waals surface area contributed by atoms with Crippen molar-refractivity contribution in [2.45, 2.75) is 38.0 Å². The van der Waals surface area contributed by atoms with Gasteiger partial charge in [-0.25, -0.2) is 0 Å².